The molecule has 0 fully saturated rings. The van der Waals surface area contributed by atoms with Crippen LogP contribution in [0.3, 0.4) is 0 Å². The van der Waals surface area contributed by atoms with E-state index in [0.29, 0.717) is 24.5 Å². The molecule has 2 rings (SSSR count). The molecule has 0 aliphatic carbocycles. The maximum atomic E-state index is 12.1. The molecule has 0 spiro atoms. The lowest BCUT2D eigenvalue weighted by Gasteiger charge is -2.12. The largest absolute Gasteiger partial charge is 0.357 e. The van der Waals surface area contributed by atoms with Crippen LogP contribution in [0.2, 0.25) is 5.02 Å². The molecule has 0 aliphatic rings. The summed E-state index contributed by atoms with van der Waals surface area (Å²) in [6, 6.07) is 9.65. The molecule has 0 radical (unpaired) electrons. The van der Waals surface area contributed by atoms with Gasteiger partial charge in [0.2, 0.25) is 5.91 Å². The molecule has 0 atom stereocenters. The number of nitrogens with one attached hydrogen (secondary N) is 3. The summed E-state index contributed by atoms with van der Waals surface area (Å²) in [6.07, 6.45) is 1.27. The molecule has 148 valence electrons. The molecule has 1 aromatic carbocycles. The van der Waals surface area contributed by atoms with Gasteiger partial charge in [0, 0.05) is 48.1 Å². The van der Waals surface area contributed by atoms with E-state index < -0.39 is 0 Å². The predicted molar refractivity (Wildman–Crippen MR) is 127 cm³/mol. The highest BCUT2D eigenvalue weighted by Crippen LogP contribution is 2.22. The van der Waals surface area contributed by atoms with Gasteiger partial charge in [-0.2, -0.15) is 0 Å². The van der Waals surface area contributed by atoms with Crippen molar-refractivity contribution in [1.82, 2.24) is 10.6 Å². The Morgan fingerprint density at radius 1 is 1.22 bits per heavy atom. The van der Waals surface area contributed by atoms with Gasteiger partial charge in [-0.05, 0) is 43.0 Å². The van der Waals surface area contributed by atoms with Crippen LogP contribution in [0.1, 0.15) is 23.8 Å². The molecule has 0 saturated carbocycles. The summed E-state index contributed by atoms with van der Waals surface area (Å²) in [7, 11) is 0. The first-order valence-electron chi connectivity index (χ1n) is 8.69. The fourth-order valence-corrected chi connectivity index (χ4v) is 3.20. The summed E-state index contributed by atoms with van der Waals surface area (Å²) >= 11 is 7.82. The number of halogens is 2. The molecule has 5 nitrogen and oxygen atoms in total. The van der Waals surface area contributed by atoms with Gasteiger partial charge in [0.05, 0.1) is 0 Å². The maximum absolute atomic E-state index is 12.1. The van der Waals surface area contributed by atoms with Gasteiger partial charge < -0.3 is 16.0 Å². The fourth-order valence-electron chi connectivity index (χ4n) is 2.32. The predicted octanol–water partition coefficient (Wildman–Crippen LogP) is 4.45. The zero-order valence-electron chi connectivity index (χ0n) is 15.5. The average Bonchev–Trinajstić information content (AvgIpc) is 3.12. The van der Waals surface area contributed by atoms with Crippen molar-refractivity contribution in [2.24, 2.45) is 4.99 Å². The molecule has 2 aromatic rings. The number of amides is 1. The van der Waals surface area contributed by atoms with E-state index in [-0.39, 0.29) is 29.9 Å². The van der Waals surface area contributed by atoms with Crippen LogP contribution < -0.4 is 16.0 Å². The molecule has 3 N–H and O–H groups in total. The first-order chi connectivity index (χ1) is 12.6. The number of carbonyl (C=O) groups excluding carboxylic acids is 1. The van der Waals surface area contributed by atoms with Gasteiger partial charge >= 0.3 is 0 Å². The quantitative estimate of drug-likeness (QED) is 0.274. The van der Waals surface area contributed by atoms with Gasteiger partial charge in [-0.1, -0.05) is 23.7 Å². The number of nitrogens with zero attached hydrogens (tertiary/aromatic N) is 1. The minimum Gasteiger partial charge on any atom is -0.357 e. The monoisotopic (exact) mass is 520 g/mol. The molecular weight excluding hydrogens is 495 g/mol. The number of guanidine groups is 1. The topological polar surface area (TPSA) is 65.5 Å². The van der Waals surface area contributed by atoms with Crippen LogP contribution in [0.5, 0.6) is 0 Å². The Morgan fingerprint density at radius 3 is 2.74 bits per heavy atom. The van der Waals surface area contributed by atoms with Crippen molar-refractivity contribution in [2.45, 2.75) is 26.7 Å². The van der Waals surface area contributed by atoms with Crippen LogP contribution >= 0.6 is 46.9 Å². The van der Waals surface area contributed by atoms with Gasteiger partial charge in [0.15, 0.2) is 5.96 Å². The summed E-state index contributed by atoms with van der Waals surface area (Å²) in [5.74, 6) is 0.674. The SMILES string of the molecule is CCNC(=NCCc1cccs1)NCCC(=O)Nc1cccc(Cl)c1C.I. The fraction of sp³-hybridized carbons (Fsp3) is 0.368. The number of benzene rings is 1. The third-order valence-corrected chi connectivity index (χ3v) is 5.08. The number of hydrogen-bond donors (Lipinski definition) is 3. The molecule has 1 heterocycles. The highest BCUT2D eigenvalue weighted by atomic mass is 127. The van der Waals surface area contributed by atoms with E-state index in [2.05, 4.69) is 32.4 Å². The average molecular weight is 521 g/mol. The van der Waals surface area contributed by atoms with Crippen molar-refractivity contribution >= 4 is 64.5 Å². The highest BCUT2D eigenvalue weighted by Gasteiger charge is 2.07. The number of rotatable bonds is 8. The van der Waals surface area contributed by atoms with Crippen LogP contribution in [0, 0.1) is 6.92 Å². The van der Waals surface area contributed by atoms with Gasteiger partial charge in [0.1, 0.15) is 0 Å². The van der Waals surface area contributed by atoms with Gasteiger partial charge in [0.25, 0.3) is 0 Å². The van der Waals surface area contributed by atoms with E-state index in [0.717, 1.165) is 30.2 Å². The Morgan fingerprint density at radius 2 is 2.04 bits per heavy atom. The van der Waals surface area contributed by atoms with Crippen LogP contribution in [0.4, 0.5) is 5.69 Å². The lowest BCUT2D eigenvalue weighted by Crippen LogP contribution is -2.38. The Bertz CT molecular complexity index is 737. The Hall–Kier alpha value is -1.32. The third-order valence-electron chi connectivity index (χ3n) is 3.74. The molecule has 1 aromatic heterocycles. The minimum absolute atomic E-state index is 0. The van der Waals surface area contributed by atoms with Crippen LogP contribution in [0.15, 0.2) is 40.7 Å². The summed E-state index contributed by atoms with van der Waals surface area (Å²) in [5, 5.41) is 12.0. The number of hydrogen-bond acceptors (Lipinski definition) is 3. The molecule has 0 bridgehead atoms. The lowest BCUT2D eigenvalue weighted by molar-refractivity contribution is -0.116. The summed E-state index contributed by atoms with van der Waals surface area (Å²) < 4.78 is 0. The minimum atomic E-state index is -0.0581. The molecule has 1 amide bonds. The molecule has 27 heavy (non-hydrogen) atoms. The number of aliphatic imine (C=N–C) groups is 1. The van der Waals surface area contributed by atoms with E-state index in [1.807, 2.05) is 38.1 Å². The molecule has 0 unspecified atom stereocenters. The van der Waals surface area contributed by atoms with Crippen molar-refractivity contribution in [3.63, 3.8) is 0 Å². The van der Waals surface area contributed by atoms with E-state index in [4.69, 9.17) is 11.6 Å². The standard InChI is InChI=1S/C19H25ClN4OS.HI/c1-3-21-19(22-11-9-15-6-5-13-26-15)23-12-10-18(25)24-17-8-4-7-16(20)14(17)2;/h4-8,13H,3,9-12H2,1-2H3,(H,24,25)(H2,21,22,23);1H. The Balaban J connectivity index is 0.00000364. The van der Waals surface area contributed by atoms with E-state index in [9.17, 15) is 4.79 Å². The number of anilines is 1. The zero-order chi connectivity index (χ0) is 18.8. The van der Waals surface area contributed by atoms with Crippen molar-refractivity contribution in [3.8, 4) is 0 Å². The van der Waals surface area contributed by atoms with Gasteiger partial charge in [-0.25, -0.2) is 0 Å². The summed E-state index contributed by atoms with van der Waals surface area (Å²) in [4.78, 5) is 18.0. The number of thiophene rings is 1. The van der Waals surface area contributed by atoms with Gasteiger partial charge in [-0.3, -0.25) is 9.79 Å². The normalized spacial score (nSPS) is 10.9. The maximum Gasteiger partial charge on any atom is 0.226 e. The second-order valence-electron chi connectivity index (χ2n) is 5.73. The molecular formula is C19H26ClIN4OS. The van der Waals surface area contributed by atoms with Crippen LogP contribution in [-0.4, -0.2) is 31.5 Å². The van der Waals surface area contributed by atoms with Crippen molar-refractivity contribution in [1.29, 1.82) is 0 Å². The smallest absolute Gasteiger partial charge is 0.226 e. The first-order valence-corrected chi connectivity index (χ1v) is 9.95. The van der Waals surface area contributed by atoms with Gasteiger partial charge in [-0.15, -0.1) is 35.3 Å². The second-order valence-corrected chi connectivity index (χ2v) is 7.17. The zero-order valence-corrected chi connectivity index (χ0v) is 19.5. The molecule has 0 aliphatic heterocycles. The van der Waals surface area contributed by atoms with Crippen LogP contribution in [0.25, 0.3) is 0 Å². The van der Waals surface area contributed by atoms with E-state index >= 15 is 0 Å². The lowest BCUT2D eigenvalue weighted by atomic mass is 10.2. The first kappa shape index (κ1) is 23.7. The van der Waals surface area contributed by atoms with Crippen molar-refractivity contribution in [3.05, 3.63) is 51.2 Å². The molecule has 8 heteroatoms. The van der Waals surface area contributed by atoms with Crippen molar-refractivity contribution in [2.75, 3.05) is 25.0 Å². The number of carbonyl (C=O) groups is 1. The van der Waals surface area contributed by atoms with Crippen molar-refractivity contribution < 1.29 is 4.79 Å². The van der Waals surface area contributed by atoms with E-state index in [1.54, 1.807) is 11.3 Å². The Labute approximate surface area is 187 Å². The second kappa shape index (κ2) is 13.0. The van der Waals surface area contributed by atoms with E-state index in [1.165, 1.54) is 4.88 Å². The highest BCUT2D eigenvalue weighted by molar-refractivity contribution is 14.0. The third kappa shape index (κ3) is 8.49. The summed E-state index contributed by atoms with van der Waals surface area (Å²) in [6.45, 7) is 5.91. The summed E-state index contributed by atoms with van der Waals surface area (Å²) in [5.41, 5.74) is 1.62. The van der Waals surface area contributed by atoms with Crippen LogP contribution in [-0.2, 0) is 11.2 Å². The molecule has 0 saturated heterocycles. The Kier molecular flexibility index (Phi) is 11.4.